The number of amides is 1. The smallest absolute Gasteiger partial charge is 0.305 e. The molecule has 8 heteroatoms. The molecule has 1 aromatic rings. The highest BCUT2D eigenvalue weighted by Gasteiger charge is 2.32. The number of phenolic OH excluding ortho intramolecular Hbond substituents is 1. The Hall–Kier alpha value is -2.35. The van der Waals surface area contributed by atoms with Crippen LogP contribution in [0.15, 0.2) is 28.4 Å². The summed E-state index contributed by atoms with van der Waals surface area (Å²) < 4.78 is 0. The van der Waals surface area contributed by atoms with Crippen molar-refractivity contribution in [1.29, 1.82) is 0 Å². The molecule has 1 unspecified atom stereocenters. The third-order valence-electron chi connectivity index (χ3n) is 2.75. The molecule has 0 aliphatic carbocycles. The Morgan fingerprint density at radius 2 is 2.29 bits per heavy atom. The zero-order chi connectivity index (χ0) is 15.4. The largest absolute Gasteiger partial charge is 0.507 e. The molecule has 0 spiro atoms. The van der Waals surface area contributed by atoms with Crippen molar-refractivity contribution in [3.8, 4) is 5.75 Å². The first-order valence-corrected chi connectivity index (χ1v) is 6.94. The summed E-state index contributed by atoms with van der Waals surface area (Å²) in [6.45, 7) is 1.77. The minimum Gasteiger partial charge on any atom is -0.507 e. The molecular formula is C13H13N3O4S. The summed E-state index contributed by atoms with van der Waals surface area (Å²) >= 11 is 1.02. The van der Waals surface area contributed by atoms with E-state index in [9.17, 15) is 14.7 Å². The van der Waals surface area contributed by atoms with Crippen LogP contribution in [0.2, 0.25) is 0 Å². The van der Waals surface area contributed by atoms with Crippen LogP contribution in [0, 0.1) is 6.92 Å². The molecule has 1 fully saturated rings. The lowest BCUT2D eigenvalue weighted by Crippen LogP contribution is -2.26. The molecule has 1 aliphatic rings. The highest BCUT2D eigenvalue weighted by atomic mass is 32.2. The SMILES string of the molecule is Cc1cccc(C=NN=C2NC(=O)C(CC(=O)O)S2)c1O. The second kappa shape index (κ2) is 6.40. The number of carboxylic acids is 1. The number of aromatic hydroxyl groups is 1. The van der Waals surface area contributed by atoms with Crippen molar-refractivity contribution in [2.75, 3.05) is 0 Å². The van der Waals surface area contributed by atoms with Crippen molar-refractivity contribution in [3.05, 3.63) is 29.3 Å². The first-order chi connectivity index (χ1) is 9.97. The highest BCUT2D eigenvalue weighted by Crippen LogP contribution is 2.23. The molecule has 110 valence electrons. The first kappa shape index (κ1) is 15.0. The van der Waals surface area contributed by atoms with Crippen molar-refractivity contribution >= 4 is 35.0 Å². The van der Waals surface area contributed by atoms with Gasteiger partial charge < -0.3 is 15.5 Å². The number of para-hydroxylation sites is 1. The number of carbonyl (C=O) groups excluding carboxylic acids is 1. The van der Waals surface area contributed by atoms with Crippen LogP contribution >= 0.6 is 11.8 Å². The van der Waals surface area contributed by atoms with Crippen molar-refractivity contribution in [3.63, 3.8) is 0 Å². The van der Waals surface area contributed by atoms with Crippen LogP contribution in [0.4, 0.5) is 0 Å². The number of carbonyl (C=O) groups is 2. The van der Waals surface area contributed by atoms with Crippen LogP contribution in [0.1, 0.15) is 17.5 Å². The minimum absolute atomic E-state index is 0.119. The molecule has 0 saturated carbocycles. The molecule has 0 bridgehead atoms. The third kappa shape index (κ3) is 3.82. The fourth-order valence-corrected chi connectivity index (χ4v) is 2.59. The Morgan fingerprint density at radius 1 is 1.52 bits per heavy atom. The second-order valence-electron chi connectivity index (χ2n) is 4.36. The predicted octanol–water partition coefficient (Wildman–Crippen LogP) is 1.10. The average molecular weight is 307 g/mol. The lowest BCUT2D eigenvalue weighted by Gasteiger charge is -2.00. The van der Waals surface area contributed by atoms with E-state index in [1.807, 2.05) is 0 Å². The molecule has 2 rings (SSSR count). The van der Waals surface area contributed by atoms with Gasteiger partial charge in [0.1, 0.15) is 11.0 Å². The molecule has 7 nitrogen and oxygen atoms in total. The van der Waals surface area contributed by atoms with E-state index in [4.69, 9.17) is 5.11 Å². The van der Waals surface area contributed by atoms with E-state index in [-0.39, 0.29) is 17.3 Å². The number of aliphatic carboxylic acids is 1. The van der Waals surface area contributed by atoms with Gasteiger partial charge in [-0.1, -0.05) is 23.9 Å². The van der Waals surface area contributed by atoms with E-state index in [1.165, 1.54) is 6.21 Å². The molecule has 0 radical (unpaired) electrons. The van der Waals surface area contributed by atoms with Crippen LogP contribution in [0.5, 0.6) is 5.75 Å². The van der Waals surface area contributed by atoms with Gasteiger partial charge in [0.15, 0.2) is 5.17 Å². The average Bonchev–Trinajstić information content (AvgIpc) is 2.74. The fraction of sp³-hybridized carbons (Fsp3) is 0.231. The number of phenols is 1. The molecular weight excluding hydrogens is 294 g/mol. The summed E-state index contributed by atoms with van der Waals surface area (Å²) in [5.74, 6) is -1.32. The Kier molecular flexibility index (Phi) is 4.59. The van der Waals surface area contributed by atoms with Gasteiger partial charge in [0.05, 0.1) is 12.6 Å². The number of aryl methyl sites for hydroxylation is 1. The molecule has 0 aromatic heterocycles. The van der Waals surface area contributed by atoms with Crippen molar-refractivity contribution in [2.24, 2.45) is 10.2 Å². The molecule has 1 saturated heterocycles. The quantitative estimate of drug-likeness (QED) is 0.569. The van der Waals surface area contributed by atoms with Crippen LogP contribution in [0.3, 0.4) is 0 Å². The van der Waals surface area contributed by atoms with Crippen LogP contribution < -0.4 is 5.32 Å². The Balaban J connectivity index is 2.05. The predicted molar refractivity (Wildman–Crippen MR) is 79.6 cm³/mol. The van der Waals surface area contributed by atoms with Gasteiger partial charge in [-0.25, -0.2) is 0 Å². The first-order valence-electron chi connectivity index (χ1n) is 6.06. The van der Waals surface area contributed by atoms with Crippen molar-refractivity contribution < 1.29 is 19.8 Å². The Bertz CT molecular complexity index is 642. The molecule has 1 atom stereocenters. The van der Waals surface area contributed by atoms with E-state index in [0.29, 0.717) is 5.56 Å². The summed E-state index contributed by atoms with van der Waals surface area (Å²) in [6.07, 6.45) is 1.10. The maximum atomic E-state index is 11.5. The summed E-state index contributed by atoms with van der Waals surface area (Å²) in [4.78, 5) is 22.1. The van der Waals surface area contributed by atoms with E-state index in [0.717, 1.165) is 17.3 Å². The molecule has 1 heterocycles. The zero-order valence-electron chi connectivity index (χ0n) is 11.1. The summed E-state index contributed by atoms with van der Waals surface area (Å²) in [7, 11) is 0. The number of hydrogen-bond acceptors (Lipinski definition) is 6. The Labute approximate surface area is 124 Å². The van der Waals surface area contributed by atoms with Gasteiger partial charge >= 0.3 is 5.97 Å². The number of benzene rings is 1. The fourth-order valence-electron chi connectivity index (χ4n) is 1.67. The van der Waals surface area contributed by atoms with Gasteiger partial charge in [-0.2, -0.15) is 5.10 Å². The van der Waals surface area contributed by atoms with Crippen LogP contribution in [-0.2, 0) is 9.59 Å². The minimum atomic E-state index is -1.04. The molecule has 21 heavy (non-hydrogen) atoms. The lowest BCUT2D eigenvalue weighted by atomic mass is 10.1. The molecule has 1 aliphatic heterocycles. The number of rotatable bonds is 4. The van der Waals surface area contributed by atoms with Gasteiger partial charge in [0.2, 0.25) is 5.91 Å². The van der Waals surface area contributed by atoms with E-state index in [2.05, 4.69) is 15.5 Å². The van der Waals surface area contributed by atoms with Gasteiger partial charge in [-0.3, -0.25) is 9.59 Å². The van der Waals surface area contributed by atoms with E-state index >= 15 is 0 Å². The number of nitrogens with zero attached hydrogens (tertiary/aromatic N) is 2. The second-order valence-corrected chi connectivity index (χ2v) is 5.55. The van der Waals surface area contributed by atoms with Crippen LogP contribution in [0.25, 0.3) is 0 Å². The standard InChI is InChI=1S/C13H13N3O4S/c1-7-3-2-4-8(11(7)19)6-14-16-13-15-12(20)9(21-13)5-10(17)18/h2-4,6,9,19H,5H2,1H3,(H,17,18)(H,15,16,20). The molecule has 1 amide bonds. The van der Waals surface area contributed by atoms with Gasteiger partial charge in [0, 0.05) is 5.56 Å². The summed E-state index contributed by atoms with van der Waals surface area (Å²) in [5, 5.41) is 28.1. The number of nitrogens with one attached hydrogen (secondary N) is 1. The number of thioether (sulfide) groups is 1. The number of amidine groups is 1. The summed E-state index contributed by atoms with van der Waals surface area (Å²) in [5.41, 5.74) is 1.23. The molecule has 1 aromatic carbocycles. The van der Waals surface area contributed by atoms with Crippen LogP contribution in [-0.4, -0.2) is 38.7 Å². The monoisotopic (exact) mass is 307 g/mol. The third-order valence-corrected chi connectivity index (χ3v) is 3.82. The van der Waals surface area contributed by atoms with E-state index in [1.54, 1.807) is 25.1 Å². The maximum Gasteiger partial charge on any atom is 0.305 e. The lowest BCUT2D eigenvalue weighted by molar-refractivity contribution is -0.138. The number of carboxylic acid groups (broad SMARTS) is 1. The topological polar surface area (TPSA) is 111 Å². The number of hydrogen-bond donors (Lipinski definition) is 3. The normalized spacial score (nSPS) is 20.1. The summed E-state index contributed by atoms with van der Waals surface area (Å²) in [6, 6.07) is 5.22. The zero-order valence-corrected chi connectivity index (χ0v) is 11.9. The van der Waals surface area contributed by atoms with Gasteiger partial charge in [-0.05, 0) is 18.6 Å². The Morgan fingerprint density at radius 3 is 3.00 bits per heavy atom. The van der Waals surface area contributed by atoms with Gasteiger partial charge in [-0.15, -0.1) is 5.10 Å². The molecule has 3 N–H and O–H groups in total. The highest BCUT2D eigenvalue weighted by molar-refractivity contribution is 8.15. The van der Waals surface area contributed by atoms with Crippen molar-refractivity contribution in [1.82, 2.24) is 5.32 Å². The van der Waals surface area contributed by atoms with E-state index < -0.39 is 17.1 Å². The van der Waals surface area contributed by atoms with Gasteiger partial charge in [0.25, 0.3) is 0 Å². The maximum absolute atomic E-state index is 11.5. The van der Waals surface area contributed by atoms with Crippen molar-refractivity contribution in [2.45, 2.75) is 18.6 Å².